The zero-order valence-corrected chi connectivity index (χ0v) is 9.99. The minimum absolute atomic E-state index is 0.285. The second kappa shape index (κ2) is 2.78. The van der Waals surface area contributed by atoms with Crippen LogP contribution in [-0.2, 0) is 4.79 Å². The number of piperidine rings is 1. The van der Waals surface area contributed by atoms with E-state index < -0.39 is 0 Å². The summed E-state index contributed by atoms with van der Waals surface area (Å²) < 4.78 is 0. The molecule has 0 unspecified atom stereocenters. The Morgan fingerprint density at radius 1 is 1.27 bits per heavy atom. The molecule has 3 fully saturated rings. The molecule has 0 aromatic carbocycles. The molecule has 2 aliphatic heterocycles. The van der Waals surface area contributed by atoms with E-state index in [-0.39, 0.29) is 5.92 Å². The van der Waals surface area contributed by atoms with E-state index in [0.717, 1.165) is 12.5 Å². The van der Waals surface area contributed by atoms with E-state index in [1.807, 2.05) is 0 Å². The van der Waals surface area contributed by atoms with Crippen LogP contribution in [0.1, 0.15) is 40.0 Å². The van der Waals surface area contributed by atoms with Gasteiger partial charge in [0.1, 0.15) is 0 Å². The normalized spacial score (nSPS) is 47.1. The van der Waals surface area contributed by atoms with E-state index >= 15 is 0 Å². The maximum atomic E-state index is 12.1. The van der Waals surface area contributed by atoms with Gasteiger partial charge in [0.25, 0.3) is 0 Å². The van der Waals surface area contributed by atoms with Crippen LogP contribution in [0.4, 0.5) is 0 Å². The summed E-state index contributed by atoms with van der Waals surface area (Å²) >= 11 is 0. The molecule has 1 saturated carbocycles. The highest BCUT2D eigenvalue weighted by Gasteiger charge is 2.58. The highest BCUT2D eigenvalue weighted by Crippen LogP contribution is 2.55. The van der Waals surface area contributed by atoms with Crippen LogP contribution < -0.4 is 0 Å². The molecular weight excluding hydrogens is 186 g/mol. The van der Waals surface area contributed by atoms with E-state index in [9.17, 15) is 4.79 Å². The van der Waals surface area contributed by atoms with Crippen LogP contribution in [0.15, 0.2) is 0 Å². The molecule has 0 N–H and O–H groups in total. The number of carbonyl (C=O) groups is 1. The van der Waals surface area contributed by atoms with E-state index in [1.165, 1.54) is 19.3 Å². The molecule has 4 atom stereocenters. The van der Waals surface area contributed by atoms with Crippen molar-refractivity contribution in [1.82, 2.24) is 4.90 Å². The SMILES string of the molecule is C[C@@H]1C(=O)N2CC[C@@H]3CC[C@H]1[C@H]2C3(C)C. The summed E-state index contributed by atoms with van der Waals surface area (Å²) in [6, 6.07) is 0.549. The third-order valence-electron chi connectivity index (χ3n) is 5.44. The Hall–Kier alpha value is -0.530. The van der Waals surface area contributed by atoms with Crippen LogP contribution in [-0.4, -0.2) is 23.4 Å². The molecule has 0 aromatic heterocycles. The summed E-state index contributed by atoms with van der Waals surface area (Å²) in [7, 11) is 0. The van der Waals surface area contributed by atoms with Gasteiger partial charge < -0.3 is 4.90 Å². The van der Waals surface area contributed by atoms with Crippen molar-refractivity contribution in [2.45, 2.75) is 46.1 Å². The first-order valence-corrected chi connectivity index (χ1v) is 6.34. The standard InChI is InChI=1S/C13H21NO/c1-8-10-5-4-9-6-7-14(12(8)15)11(10)13(9,2)3/h8-11H,4-7H2,1-3H3/t8-,9-,10+,11-/m0/s1. The van der Waals surface area contributed by atoms with Crippen LogP contribution in [0.3, 0.4) is 0 Å². The van der Waals surface area contributed by atoms with E-state index in [2.05, 4.69) is 25.7 Å². The van der Waals surface area contributed by atoms with Gasteiger partial charge in [0.15, 0.2) is 0 Å². The van der Waals surface area contributed by atoms with Crippen molar-refractivity contribution in [2.75, 3.05) is 6.54 Å². The lowest BCUT2D eigenvalue weighted by atomic mass is 9.58. The summed E-state index contributed by atoms with van der Waals surface area (Å²) in [5.74, 6) is 2.21. The predicted octanol–water partition coefficient (Wildman–Crippen LogP) is 2.29. The molecule has 2 nitrogen and oxygen atoms in total. The van der Waals surface area contributed by atoms with E-state index in [4.69, 9.17) is 0 Å². The molecule has 3 rings (SSSR count). The quantitative estimate of drug-likeness (QED) is 0.597. The number of hydrogen-bond acceptors (Lipinski definition) is 1. The molecule has 2 saturated heterocycles. The summed E-state index contributed by atoms with van der Waals surface area (Å²) in [6.45, 7) is 7.93. The molecule has 1 aliphatic carbocycles. The zero-order valence-electron chi connectivity index (χ0n) is 9.99. The summed E-state index contributed by atoms with van der Waals surface area (Å²) in [4.78, 5) is 14.3. The highest BCUT2D eigenvalue weighted by atomic mass is 16.2. The van der Waals surface area contributed by atoms with Crippen molar-refractivity contribution in [3.05, 3.63) is 0 Å². The van der Waals surface area contributed by atoms with Gasteiger partial charge in [-0.15, -0.1) is 0 Å². The Labute approximate surface area is 92.0 Å². The maximum Gasteiger partial charge on any atom is 0.226 e. The van der Waals surface area contributed by atoms with E-state index in [0.29, 0.717) is 23.3 Å². The molecule has 84 valence electrons. The first-order valence-electron chi connectivity index (χ1n) is 6.34. The van der Waals surface area contributed by atoms with E-state index in [1.54, 1.807) is 0 Å². The van der Waals surface area contributed by atoms with Crippen molar-refractivity contribution >= 4 is 5.91 Å². The average Bonchev–Trinajstić information content (AvgIpc) is 2.40. The first-order chi connectivity index (χ1) is 7.03. The third kappa shape index (κ3) is 1.03. The number of rotatable bonds is 0. The van der Waals surface area contributed by atoms with Gasteiger partial charge in [-0.25, -0.2) is 0 Å². The molecule has 2 heterocycles. The van der Waals surface area contributed by atoms with Crippen molar-refractivity contribution in [3.8, 4) is 0 Å². The van der Waals surface area contributed by atoms with Crippen LogP contribution in [0, 0.1) is 23.2 Å². The van der Waals surface area contributed by atoms with Gasteiger partial charge in [-0.2, -0.15) is 0 Å². The Bertz CT molecular complexity index is 310. The molecular formula is C13H21NO. The fraction of sp³-hybridized carbons (Fsp3) is 0.923. The largest absolute Gasteiger partial charge is 0.339 e. The monoisotopic (exact) mass is 207 g/mol. The molecule has 0 spiro atoms. The summed E-state index contributed by atoms with van der Waals surface area (Å²) in [5.41, 5.74) is 0.363. The molecule has 1 amide bonds. The van der Waals surface area contributed by atoms with Gasteiger partial charge in [-0.1, -0.05) is 20.8 Å². The fourth-order valence-electron chi connectivity index (χ4n) is 4.52. The summed E-state index contributed by atoms with van der Waals surface area (Å²) in [5, 5.41) is 0. The van der Waals surface area contributed by atoms with Crippen LogP contribution in [0.2, 0.25) is 0 Å². The Balaban J connectivity index is 2.05. The maximum absolute atomic E-state index is 12.1. The second-order valence-corrected chi connectivity index (χ2v) is 6.31. The number of carbonyl (C=O) groups excluding carboxylic acids is 1. The first kappa shape index (κ1) is 9.68. The number of fused-ring (bicyclic) bond motifs is 1. The van der Waals surface area contributed by atoms with Crippen molar-refractivity contribution in [1.29, 1.82) is 0 Å². The average molecular weight is 207 g/mol. The van der Waals surface area contributed by atoms with Crippen LogP contribution in [0.5, 0.6) is 0 Å². The molecule has 0 radical (unpaired) electrons. The molecule has 0 aromatic rings. The molecule has 15 heavy (non-hydrogen) atoms. The topological polar surface area (TPSA) is 20.3 Å². The second-order valence-electron chi connectivity index (χ2n) is 6.31. The van der Waals surface area contributed by atoms with Gasteiger partial charge in [0.2, 0.25) is 5.91 Å². The van der Waals surface area contributed by atoms with Gasteiger partial charge in [0.05, 0.1) is 0 Å². The van der Waals surface area contributed by atoms with Gasteiger partial charge in [0, 0.05) is 18.5 Å². The Morgan fingerprint density at radius 2 is 2.00 bits per heavy atom. The minimum atomic E-state index is 0.285. The smallest absolute Gasteiger partial charge is 0.226 e. The number of hydrogen-bond donors (Lipinski definition) is 0. The molecule has 3 aliphatic rings. The Kier molecular flexibility index (Phi) is 1.79. The van der Waals surface area contributed by atoms with Crippen LogP contribution >= 0.6 is 0 Å². The Morgan fingerprint density at radius 3 is 2.73 bits per heavy atom. The predicted molar refractivity (Wildman–Crippen MR) is 59.3 cm³/mol. The third-order valence-corrected chi connectivity index (χ3v) is 5.44. The van der Waals surface area contributed by atoms with Crippen molar-refractivity contribution < 1.29 is 4.79 Å². The lowest BCUT2D eigenvalue weighted by Crippen LogP contribution is -2.56. The van der Waals surface area contributed by atoms with Crippen LogP contribution in [0.25, 0.3) is 0 Å². The van der Waals surface area contributed by atoms with Crippen molar-refractivity contribution in [3.63, 3.8) is 0 Å². The summed E-state index contributed by atoms with van der Waals surface area (Å²) in [6.07, 6.45) is 3.86. The number of nitrogens with zero attached hydrogens (tertiary/aromatic N) is 1. The lowest BCUT2D eigenvalue weighted by Gasteiger charge is -2.53. The molecule has 2 heteroatoms. The van der Waals surface area contributed by atoms with Crippen molar-refractivity contribution in [2.24, 2.45) is 23.2 Å². The van der Waals surface area contributed by atoms with Gasteiger partial charge >= 0.3 is 0 Å². The minimum Gasteiger partial charge on any atom is -0.339 e. The number of amides is 1. The fourth-order valence-corrected chi connectivity index (χ4v) is 4.52. The van der Waals surface area contributed by atoms with Gasteiger partial charge in [-0.05, 0) is 36.5 Å². The lowest BCUT2D eigenvalue weighted by molar-refractivity contribution is -0.136. The highest BCUT2D eigenvalue weighted by molar-refractivity contribution is 5.82. The van der Waals surface area contributed by atoms with Gasteiger partial charge in [-0.3, -0.25) is 4.79 Å². The molecule has 2 bridgehead atoms. The zero-order chi connectivity index (χ0) is 10.8.